The lowest BCUT2D eigenvalue weighted by Gasteiger charge is -2.18. The van der Waals surface area contributed by atoms with Crippen LogP contribution in [0.15, 0.2) is 109 Å². The zero-order chi connectivity index (χ0) is 46.5. The highest BCUT2D eigenvalue weighted by molar-refractivity contribution is 5.71. The second kappa shape index (κ2) is 51.7. The van der Waals surface area contributed by atoms with Gasteiger partial charge in [0.15, 0.2) is 6.10 Å². The van der Waals surface area contributed by atoms with Crippen molar-refractivity contribution < 1.29 is 28.6 Å². The standard InChI is InChI=1S/C58H94O6/c1-4-7-10-13-16-19-22-25-27-28-29-31-33-36-39-42-45-48-51-57(60)63-54-55(53-62-56(59)50-47-44-41-38-35-32-24-21-18-15-12-9-6-3)64-58(61)52-49-46-43-40-37-34-30-26-23-20-17-14-11-8-5-2/h8-9,11-12,14-15,17-18,20-21,23-24,26,29-31,34,37,55H,4-7,10,13,16,19,22,25,27-28,32-33,35-36,38-54H2,1-3H3/b11-8+,12-9+,17-14+,18-15+,23-20+,24-21+,30-26+,31-29+,37-34+. The fourth-order valence-corrected chi connectivity index (χ4v) is 6.81. The summed E-state index contributed by atoms with van der Waals surface area (Å²) in [4.78, 5) is 38.0. The third-order valence-electron chi connectivity index (χ3n) is 10.7. The highest BCUT2D eigenvalue weighted by atomic mass is 16.6. The number of ether oxygens (including phenoxy) is 3. The first kappa shape index (κ1) is 60.1. The predicted octanol–water partition coefficient (Wildman–Crippen LogP) is 17.1. The Hall–Kier alpha value is -3.93. The van der Waals surface area contributed by atoms with Crippen molar-refractivity contribution in [2.75, 3.05) is 13.2 Å². The van der Waals surface area contributed by atoms with Crippen molar-refractivity contribution in [2.24, 2.45) is 0 Å². The quantitative estimate of drug-likeness (QED) is 0.0199. The van der Waals surface area contributed by atoms with Crippen molar-refractivity contribution in [2.45, 2.75) is 226 Å². The van der Waals surface area contributed by atoms with E-state index in [9.17, 15) is 14.4 Å². The number of unbranched alkanes of at least 4 members (excludes halogenated alkanes) is 22. The molecule has 0 aliphatic heterocycles. The summed E-state index contributed by atoms with van der Waals surface area (Å²) in [5.41, 5.74) is 0. The van der Waals surface area contributed by atoms with Crippen molar-refractivity contribution in [1.29, 1.82) is 0 Å². The number of esters is 3. The summed E-state index contributed by atoms with van der Waals surface area (Å²) >= 11 is 0. The SMILES string of the molecule is CC/C=C/C=C/C=C/C=C/C=C/CCCCCC(=O)OC(COC(=O)CCCCCCC/C=C/C=C/C=C/CC)COC(=O)CCCCCCC/C=C/CCCCCCCCCCC. The molecule has 0 heterocycles. The normalized spacial score (nSPS) is 13.0. The Kier molecular flexibility index (Phi) is 48.5. The van der Waals surface area contributed by atoms with E-state index in [1.165, 1.54) is 70.6 Å². The molecule has 6 heteroatoms. The van der Waals surface area contributed by atoms with Crippen molar-refractivity contribution in [3.63, 3.8) is 0 Å². The Balaban J connectivity index is 4.49. The molecule has 0 spiro atoms. The van der Waals surface area contributed by atoms with Gasteiger partial charge in [0.25, 0.3) is 0 Å². The maximum Gasteiger partial charge on any atom is 0.306 e. The molecular weight excluding hydrogens is 793 g/mol. The van der Waals surface area contributed by atoms with Crippen LogP contribution in [-0.2, 0) is 28.6 Å². The Morgan fingerprint density at radius 2 is 0.625 bits per heavy atom. The van der Waals surface area contributed by atoms with Gasteiger partial charge in [-0.2, -0.15) is 0 Å². The van der Waals surface area contributed by atoms with Crippen molar-refractivity contribution in [3.05, 3.63) is 109 Å². The first-order valence-corrected chi connectivity index (χ1v) is 26.0. The van der Waals surface area contributed by atoms with Gasteiger partial charge in [0, 0.05) is 19.3 Å². The van der Waals surface area contributed by atoms with Gasteiger partial charge in [-0.25, -0.2) is 0 Å². The van der Waals surface area contributed by atoms with Gasteiger partial charge in [-0.3, -0.25) is 14.4 Å². The summed E-state index contributed by atoms with van der Waals surface area (Å²) in [7, 11) is 0. The fraction of sp³-hybridized carbons (Fsp3) is 0.638. The summed E-state index contributed by atoms with van der Waals surface area (Å²) in [6, 6.07) is 0. The van der Waals surface area contributed by atoms with Crippen molar-refractivity contribution >= 4 is 17.9 Å². The molecular formula is C58H94O6. The molecule has 0 aromatic rings. The minimum absolute atomic E-state index is 0.109. The largest absolute Gasteiger partial charge is 0.462 e. The molecule has 0 amide bonds. The molecule has 1 unspecified atom stereocenters. The van der Waals surface area contributed by atoms with Crippen molar-refractivity contribution in [3.8, 4) is 0 Å². The highest BCUT2D eigenvalue weighted by Crippen LogP contribution is 2.14. The third-order valence-corrected chi connectivity index (χ3v) is 10.7. The predicted molar refractivity (Wildman–Crippen MR) is 274 cm³/mol. The lowest BCUT2D eigenvalue weighted by Crippen LogP contribution is -2.30. The zero-order valence-electron chi connectivity index (χ0n) is 41.3. The van der Waals surface area contributed by atoms with Crippen LogP contribution in [-0.4, -0.2) is 37.2 Å². The van der Waals surface area contributed by atoms with E-state index in [4.69, 9.17) is 14.2 Å². The first-order chi connectivity index (χ1) is 31.5. The lowest BCUT2D eigenvalue weighted by atomic mass is 10.1. The molecule has 0 rings (SSSR count). The van der Waals surface area contributed by atoms with Gasteiger partial charge in [0.1, 0.15) is 13.2 Å². The molecule has 0 saturated heterocycles. The van der Waals surface area contributed by atoms with E-state index in [-0.39, 0.29) is 37.5 Å². The molecule has 1 atom stereocenters. The molecule has 0 saturated carbocycles. The van der Waals surface area contributed by atoms with Gasteiger partial charge >= 0.3 is 17.9 Å². The molecule has 0 radical (unpaired) electrons. The average Bonchev–Trinajstić information content (AvgIpc) is 3.29. The molecule has 0 N–H and O–H groups in total. The van der Waals surface area contributed by atoms with Crippen LogP contribution in [0.4, 0.5) is 0 Å². The molecule has 0 bridgehead atoms. The molecule has 64 heavy (non-hydrogen) atoms. The molecule has 0 fully saturated rings. The van der Waals surface area contributed by atoms with E-state index in [1.54, 1.807) is 0 Å². The van der Waals surface area contributed by atoms with E-state index in [0.29, 0.717) is 19.3 Å². The van der Waals surface area contributed by atoms with Crippen LogP contribution in [0, 0.1) is 0 Å². The summed E-state index contributed by atoms with van der Waals surface area (Å²) in [6.07, 6.45) is 69.3. The van der Waals surface area contributed by atoms with Crippen molar-refractivity contribution in [1.82, 2.24) is 0 Å². The van der Waals surface area contributed by atoms with Gasteiger partial charge in [-0.15, -0.1) is 0 Å². The maximum absolute atomic E-state index is 12.8. The second-order valence-corrected chi connectivity index (χ2v) is 16.8. The van der Waals surface area contributed by atoms with Crippen LogP contribution in [0.5, 0.6) is 0 Å². The van der Waals surface area contributed by atoms with Crippen LogP contribution in [0.2, 0.25) is 0 Å². The fourth-order valence-electron chi connectivity index (χ4n) is 6.81. The third kappa shape index (κ3) is 49.1. The molecule has 6 nitrogen and oxygen atoms in total. The van der Waals surface area contributed by atoms with E-state index >= 15 is 0 Å². The minimum atomic E-state index is -0.814. The summed E-state index contributed by atoms with van der Waals surface area (Å²) in [5, 5.41) is 0. The van der Waals surface area contributed by atoms with Gasteiger partial charge in [0.2, 0.25) is 0 Å². The number of carbonyl (C=O) groups is 3. The van der Waals surface area contributed by atoms with Gasteiger partial charge < -0.3 is 14.2 Å². The van der Waals surface area contributed by atoms with E-state index in [2.05, 4.69) is 81.5 Å². The molecule has 0 aromatic carbocycles. The molecule has 0 aliphatic carbocycles. The number of carbonyl (C=O) groups excluding carboxylic acids is 3. The smallest absolute Gasteiger partial charge is 0.306 e. The highest BCUT2D eigenvalue weighted by Gasteiger charge is 2.19. The Labute approximate surface area is 393 Å². The number of allylic oxidation sites excluding steroid dienone is 18. The van der Waals surface area contributed by atoms with E-state index < -0.39 is 6.10 Å². The molecule has 0 aromatic heterocycles. The lowest BCUT2D eigenvalue weighted by molar-refractivity contribution is -0.167. The molecule has 0 aliphatic rings. The zero-order valence-corrected chi connectivity index (χ0v) is 41.3. The minimum Gasteiger partial charge on any atom is -0.462 e. The summed E-state index contributed by atoms with van der Waals surface area (Å²) in [6.45, 7) is 6.29. The Morgan fingerprint density at radius 3 is 1.02 bits per heavy atom. The monoisotopic (exact) mass is 887 g/mol. The average molecular weight is 887 g/mol. The second-order valence-electron chi connectivity index (χ2n) is 16.8. The Bertz CT molecular complexity index is 1340. The van der Waals surface area contributed by atoms with Gasteiger partial charge in [-0.05, 0) is 83.5 Å². The number of hydrogen-bond acceptors (Lipinski definition) is 6. The van der Waals surface area contributed by atoms with Gasteiger partial charge in [0.05, 0.1) is 0 Å². The van der Waals surface area contributed by atoms with Crippen LogP contribution < -0.4 is 0 Å². The summed E-state index contributed by atoms with van der Waals surface area (Å²) < 4.78 is 16.7. The van der Waals surface area contributed by atoms with Crippen LogP contribution in [0.25, 0.3) is 0 Å². The van der Waals surface area contributed by atoms with Crippen LogP contribution in [0.3, 0.4) is 0 Å². The number of hydrogen-bond donors (Lipinski definition) is 0. The van der Waals surface area contributed by atoms with Crippen LogP contribution >= 0.6 is 0 Å². The number of rotatable bonds is 45. The van der Waals surface area contributed by atoms with Gasteiger partial charge in [-0.1, -0.05) is 226 Å². The van der Waals surface area contributed by atoms with E-state index in [0.717, 1.165) is 103 Å². The molecule has 362 valence electrons. The van der Waals surface area contributed by atoms with E-state index in [1.807, 2.05) is 48.6 Å². The van der Waals surface area contributed by atoms with Crippen LogP contribution in [0.1, 0.15) is 220 Å². The topological polar surface area (TPSA) is 78.9 Å². The first-order valence-electron chi connectivity index (χ1n) is 26.0. The summed E-state index contributed by atoms with van der Waals surface area (Å²) in [5.74, 6) is -0.985. The Morgan fingerprint density at radius 1 is 0.328 bits per heavy atom. The maximum atomic E-state index is 12.8.